The van der Waals surface area contributed by atoms with Gasteiger partial charge in [-0.25, -0.2) is 0 Å². The van der Waals surface area contributed by atoms with Gasteiger partial charge in [0.25, 0.3) is 0 Å². The normalized spacial score (nSPS) is 10.7. The molecule has 0 unspecified atom stereocenters. The van der Waals surface area contributed by atoms with Crippen LogP contribution < -0.4 is 5.32 Å². The van der Waals surface area contributed by atoms with Crippen LogP contribution in [0.3, 0.4) is 0 Å². The van der Waals surface area contributed by atoms with Gasteiger partial charge in [-0.3, -0.25) is 4.79 Å². The fraction of sp³-hybridized carbons (Fsp3) is 0.308. The summed E-state index contributed by atoms with van der Waals surface area (Å²) in [6.07, 6.45) is 0. The monoisotopic (exact) mass is 339 g/mol. The van der Waals surface area contributed by atoms with E-state index in [9.17, 15) is 4.79 Å². The number of benzene rings is 1. The molecule has 0 spiro atoms. The zero-order valence-electron chi connectivity index (χ0n) is 10.7. The predicted octanol–water partition coefficient (Wildman–Crippen LogP) is 3.72. The maximum Gasteiger partial charge on any atom is 0.206 e. The number of anilines is 1. The topological polar surface area (TPSA) is 54.9 Å². The fourth-order valence-corrected chi connectivity index (χ4v) is 2.44. The van der Waals surface area contributed by atoms with E-state index in [-0.39, 0.29) is 12.3 Å². The third-order valence-corrected chi connectivity index (χ3v) is 4.21. The van der Waals surface area contributed by atoms with Crippen molar-refractivity contribution in [2.45, 2.75) is 19.8 Å². The average molecular weight is 340 g/mol. The standard InChI is InChI=1S/C13H14BrN3OS/c1-8(2)12-16-17-13(19-12)15-7-11(18)9-3-5-10(14)6-4-9/h3-6,8H,7H2,1-2H3,(H,15,17). The second kappa shape index (κ2) is 6.25. The molecule has 0 aliphatic heterocycles. The van der Waals surface area contributed by atoms with Crippen molar-refractivity contribution in [3.05, 3.63) is 39.3 Å². The molecule has 6 heteroatoms. The molecule has 1 aromatic carbocycles. The number of rotatable bonds is 5. The minimum absolute atomic E-state index is 0.0359. The Morgan fingerprint density at radius 2 is 2.00 bits per heavy atom. The summed E-state index contributed by atoms with van der Waals surface area (Å²) in [5.41, 5.74) is 0.685. The Kier molecular flexibility index (Phi) is 4.66. The summed E-state index contributed by atoms with van der Waals surface area (Å²) < 4.78 is 0.961. The molecule has 0 bridgehead atoms. The van der Waals surface area contributed by atoms with Gasteiger partial charge in [0.2, 0.25) is 5.13 Å². The molecule has 2 rings (SSSR count). The minimum Gasteiger partial charge on any atom is -0.353 e. The van der Waals surface area contributed by atoms with E-state index in [1.807, 2.05) is 12.1 Å². The van der Waals surface area contributed by atoms with Crippen LogP contribution in [0.5, 0.6) is 0 Å². The van der Waals surface area contributed by atoms with Gasteiger partial charge in [0.1, 0.15) is 5.01 Å². The van der Waals surface area contributed by atoms with E-state index in [1.54, 1.807) is 12.1 Å². The van der Waals surface area contributed by atoms with Crippen LogP contribution in [-0.2, 0) is 0 Å². The zero-order valence-corrected chi connectivity index (χ0v) is 13.1. The van der Waals surface area contributed by atoms with E-state index in [0.29, 0.717) is 16.6 Å². The summed E-state index contributed by atoms with van der Waals surface area (Å²) >= 11 is 4.83. The molecule has 0 atom stereocenters. The third kappa shape index (κ3) is 3.84. The van der Waals surface area contributed by atoms with Crippen LogP contribution in [0.1, 0.15) is 35.1 Å². The molecule has 0 aliphatic rings. The molecule has 0 saturated heterocycles. The summed E-state index contributed by atoms with van der Waals surface area (Å²) in [5, 5.41) is 12.8. The van der Waals surface area contributed by atoms with Crippen LogP contribution >= 0.6 is 27.3 Å². The van der Waals surface area contributed by atoms with E-state index in [0.717, 1.165) is 9.48 Å². The molecule has 1 heterocycles. The van der Waals surface area contributed by atoms with Crippen LogP contribution in [0.2, 0.25) is 0 Å². The maximum absolute atomic E-state index is 11.9. The highest BCUT2D eigenvalue weighted by atomic mass is 79.9. The predicted molar refractivity (Wildman–Crippen MR) is 81.0 cm³/mol. The van der Waals surface area contributed by atoms with Crippen molar-refractivity contribution in [3.63, 3.8) is 0 Å². The summed E-state index contributed by atoms with van der Waals surface area (Å²) in [6.45, 7) is 4.36. The molecule has 0 fully saturated rings. The largest absolute Gasteiger partial charge is 0.353 e. The van der Waals surface area contributed by atoms with Crippen LogP contribution in [-0.4, -0.2) is 22.5 Å². The molecule has 0 radical (unpaired) electrons. The van der Waals surface area contributed by atoms with Crippen LogP contribution in [0.25, 0.3) is 0 Å². The number of carbonyl (C=O) groups is 1. The van der Waals surface area contributed by atoms with Crippen molar-refractivity contribution in [1.29, 1.82) is 0 Å². The number of halogens is 1. The molecule has 1 N–H and O–H groups in total. The number of nitrogens with zero attached hydrogens (tertiary/aromatic N) is 2. The molecular formula is C13H14BrN3OS. The summed E-state index contributed by atoms with van der Waals surface area (Å²) in [4.78, 5) is 11.9. The van der Waals surface area contributed by atoms with E-state index < -0.39 is 0 Å². The summed E-state index contributed by atoms with van der Waals surface area (Å²) in [7, 11) is 0. The van der Waals surface area contributed by atoms with Crippen molar-refractivity contribution in [2.24, 2.45) is 0 Å². The lowest BCUT2D eigenvalue weighted by atomic mass is 10.1. The zero-order chi connectivity index (χ0) is 13.8. The van der Waals surface area contributed by atoms with Crippen molar-refractivity contribution >= 4 is 38.2 Å². The highest BCUT2D eigenvalue weighted by molar-refractivity contribution is 9.10. The van der Waals surface area contributed by atoms with Gasteiger partial charge in [-0.05, 0) is 12.1 Å². The SMILES string of the molecule is CC(C)c1nnc(NCC(=O)c2ccc(Br)cc2)s1. The van der Waals surface area contributed by atoms with Crippen molar-refractivity contribution in [3.8, 4) is 0 Å². The first-order valence-electron chi connectivity index (χ1n) is 5.92. The molecule has 100 valence electrons. The van der Waals surface area contributed by atoms with E-state index in [1.165, 1.54) is 11.3 Å². The first kappa shape index (κ1) is 14.1. The van der Waals surface area contributed by atoms with Gasteiger partial charge in [-0.2, -0.15) is 0 Å². The van der Waals surface area contributed by atoms with Crippen molar-refractivity contribution in [1.82, 2.24) is 10.2 Å². The molecule has 19 heavy (non-hydrogen) atoms. The number of Topliss-reactive ketones (excluding diaryl/α,β-unsaturated/α-hetero) is 1. The van der Waals surface area contributed by atoms with Gasteiger partial charge in [0, 0.05) is 16.0 Å². The van der Waals surface area contributed by atoms with Crippen LogP contribution in [0.15, 0.2) is 28.7 Å². The highest BCUT2D eigenvalue weighted by Gasteiger charge is 2.10. The summed E-state index contributed by atoms with van der Waals surface area (Å²) in [5.74, 6) is 0.393. The lowest BCUT2D eigenvalue weighted by molar-refractivity contribution is 0.101. The quantitative estimate of drug-likeness (QED) is 0.843. The molecular weight excluding hydrogens is 326 g/mol. The van der Waals surface area contributed by atoms with E-state index >= 15 is 0 Å². The smallest absolute Gasteiger partial charge is 0.206 e. The van der Waals surface area contributed by atoms with Crippen LogP contribution in [0, 0.1) is 0 Å². The number of hydrogen-bond acceptors (Lipinski definition) is 5. The van der Waals surface area contributed by atoms with Crippen LogP contribution in [0.4, 0.5) is 5.13 Å². The molecule has 4 nitrogen and oxygen atoms in total. The lowest BCUT2D eigenvalue weighted by Crippen LogP contribution is -2.13. The third-order valence-electron chi connectivity index (χ3n) is 2.50. The van der Waals surface area contributed by atoms with E-state index in [2.05, 4.69) is 45.3 Å². The first-order valence-corrected chi connectivity index (χ1v) is 7.53. The van der Waals surface area contributed by atoms with Gasteiger partial charge in [0.05, 0.1) is 6.54 Å². The maximum atomic E-state index is 11.9. The molecule has 0 amide bonds. The number of nitrogens with one attached hydrogen (secondary N) is 1. The number of aromatic nitrogens is 2. The second-order valence-electron chi connectivity index (χ2n) is 4.38. The number of hydrogen-bond donors (Lipinski definition) is 1. The number of carbonyl (C=O) groups excluding carboxylic acids is 1. The average Bonchev–Trinajstić information content (AvgIpc) is 2.86. The van der Waals surface area contributed by atoms with Crippen molar-refractivity contribution in [2.75, 3.05) is 11.9 Å². The molecule has 0 aliphatic carbocycles. The first-order chi connectivity index (χ1) is 9.06. The Morgan fingerprint density at radius 1 is 1.32 bits per heavy atom. The Bertz CT molecular complexity index is 566. The number of ketones is 1. The Hall–Kier alpha value is -1.27. The Labute approximate surface area is 124 Å². The minimum atomic E-state index is 0.0359. The lowest BCUT2D eigenvalue weighted by Gasteiger charge is -2.02. The Morgan fingerprint density at radius 3 is 2.58 bits per heavy atom. The van der Waals surface area contributed by atoms with Gasteiger partial charge in [-0.15, -0.1) is 10.2 Å². The van der Waals surface area contributed by atoms with Gasteiger partial charge in [0.15, 0.2) is 5.78 Å². The second-order valence-corrected chi connectivity index (χ2v) is 6.31. The molecule has 0 saturated carbocycles. The Balaban J connectivity index is 1.94. The fourth-order valence-electron chi connectivity index (χ4n) is 1.43. The van der Waals surface area contributed by atoms with Crippen molar-refractivity contribution < 1.29 is 4.79 Å². The highest BCUT2D eigenvalue weighted by Crippen LogP contribution is 2.22. The van der Waals surface area contributed by atoms with Gasteiger partial charge >= 0.3 is 0 Å². The van der Waals surface area contributed by atoms with Gasteiger partial charge < -0.3 is 5.32 Å². The van der Waals surface area contributed by atoms with Gasteiger partial charge in [-0.1, -0.05) is 53.2 Å². The molecule has 1 aromatic heterocycles. The molecule has 2 aromatic rings. The van der Waals surface area contributed by atoms with E-state index in [4.69, 9.17) is 0 Å². The summed E-state index contributed by atoms with van der Waals surface area (Å²) in [6, 6.07) is 7.31.